The normalized spacial score (nSPS) is 13.8. The monoisotopic (exact) mass is 176 g/mol. The maximum absolute atomic E-state index is 11.9. The van der Waals surface area contributed by atoms with Gasteiger partial charge in [-0.25, -0.2) is 4.98 Å². The van der Waals surface area contributed by atoms with Crippen molar-refractivity contribution in [1.82, 2.24) is 4.98 Å². The van der Waals surface area contributed by atoms with Crippen molar-refractivity contribution in [2.24, 2.45) is 5.73 Å². The molecule has 0 aliphatic heterocycles. The molecule has 1 atom stereocenters. The van der Waals surface area contributed by atoms with Gasteiger partial charge in [-0.1, -0.05) is 0 Å². The molecule has 0 aliphatic rings. The number of oxazole rings is 1. The number of nitrogens with two attached hydrogens (primary N) is 1. The summed E-state index contributed by atoms with van der Waals surface area (Å²) in [6.07, 6.45) is -0.979. The Bertz CT molecular complexity index is 247. The van der Waals surface area contributed by atoms with Crippen LogP contribution in [0.2, 0.25) is 0 Å². The molecule has 1 aromatic heterocycles. The zero-order valence-electron chi connectivity index (χ0n) is 6.63. The van der Waals surface area contributed by atoms with Crippen LogP contribution in [0.25, 0.3) is 0 Å². The van der Waals surface area contributed by atoms with Crippen molar-refractivity contribution in [3.8, 4) is 0 Å². The minimum Gasteiger partial charge on any atom is -0.444 e. The summed E-state index contributed by atoms with van der Waals surface area (Å²) in [7, 11) is 0. The molecule has 68 valence electrons. The summed E-state index contributed by atoms with van der Waals surface area (Å²) in [5.74, 6) is -0.536. The Labute approximate surface area is 68.6 Å². The molecule has 0 aliphatic carbocycles. The molecule has 0 saturated carbocycles. The van der Waals surface area contributed by atoms with E-state index < -0.39 is 12.3 Å². The van der Waals surface area contributed by atoms with Gasteiger partial charge in [-0.15, -0.1) is 0 Å². The lowest BCUT2D eigenvalue weighted by atomic mass is 10.2. The first kappa shape index (κ1) is 9.12. The number of hydrogen-bond donors (Lipinski definition) is 1. The number of aromatic nitrogens is 1. The lowest BCUT2D eigenvalue weighted by Crippen LogP contribution is -2.17. The second kappa shape index (κ2) is 3.62. The fraction of sp³-hybridized carbons (Fsp3) is 0.571. The van der Waals surface area contributed by atoms with Gasteiger partial charge in [0.1, 0.15) is 6.26 Å². The van der Waals surface area contributed by atoms with E-state index in [1.165, 1.54) is 6.26 Å². The van der Waals surface area contributed by atoms with Crippen LogP contribution in [0.4, 0.5) is 8.78 Å². The predicted octanol–water partition coefficient (Wildman–Crippen LogP) is 1.50. The van der Waals surface area contributed by atoms with E-state index in [0.717, 1.165) is 0 Å². The van der Waals surface area contributed by atoms with Crippen LogP contribution in [0, 0.1) is 0 Å². The van der Waals surface area contributed by atoms with Gasteiger partial charge in [0.15, 0.2) is 0 Å². The van der Waals surface area contributed by atoms with E-state index in [-0.39, 0.29) is 6.04 Å². The smallest absolute Gasteiger partial charge is 0.313 e. The average molecular weight is 176 g/mol. The molecule has 0 fully saturated rings. The molecule has 0 spiro atoms. The molecule has 0 radical (unpaired) electrons. The quantitative estimate of drug-likeness (QED) is 0.759. The van der Waals surface area contributed by atoms with Crippen molar-refractivity contribution in [2.45, 2.75) is 25.8 Å². The van der Waals surface area contributed by atoms with Crippen LogP contribution in [-0.4, -0.2) is 11.0 Å². The fourth-order valence-electron chi connectivity index (χ4n) is 0.847. The van der Waals surface area contributed by atoms with Crippen molar-refractivity contribution in [2.75, 3.05) is 0 Å². The summed E-state index contributed by atoms with van der Waals surface area (Å²) < 4.78 is 28.4. The Morgan fingerprint density at radius 3 is 2.75 bits per heavy atom. The molecule has 1 aromatic rings. The van der Waals surface area contributed by atoms with Gasteiger partial charge < -0.3 is 10.2 Å². The van der Waals surface area contributed by atoms with Gasteiger partial charge in [-0.05, 0) is 6.92 Å². The molecule has 1 rings (SSSR count). The van der Waals surface area contributed by atoms with Crippen LogP contribution in [-0.2, 0) is 6.42 Å². The number of nitrogens with zero attached hydrogens (tertiary/aromatic N) is 1. The fourth-order valence-corrected chi connectivity index (χ4v) is 0.847. The second-order valence-corrected chi connectivity index (χ2v) is 2.66. The van der Waals surface area contributed by atoms with Crippen molar-refractivity contribution in [3.63, 3.8) is 0 Å². The summed E-state index contributed by atoms with van der Waals surface area (Å²) in [4.78, 5) is 3.55. The van der Waals surface area contributed by atoms with Gasteiger partial charge in [-0.2, -0.15) is 8.78 Å². The van der Waals surface area contributed by atoms with Gasteiger partial charge in [0.2, 0.25) is 0 Å². The maximum Gasteiger partial charge on any atom is 0.313 e. The molecule has 0 saturated heterocycles. The summed E-state index contributed by atoms with van der Waals surface area (Å²) >= 11 is 0. The van der Waals surface area contributed by atoms with Crippen LogP contribution in [0.3, 0.4) is 0 Å². The van der Waals surface area contributed by atoms with Gasteiger partial charge in [0, 0.05) is 12.5 Å². The molecular formula is C7H10F2N2O. The van der Waals surface area contributed by atoms with Crippen LogP contribution >= 0.6 is 0 Å². The summed E-state index contributed by atoms with van der Waals surface area (Å²) in [5, 5.41) is 0. The molecule has 1 heterocycles. The van der Waals surface area contributed by atoms with Gasteiger partial charge >= 0.3 is 6.43 Å². The molecule has 3 nitrogen and oxygen atoms in total. The Kier molecular flexibility index (Phi) is 2.75. The second-order valence-electron chi connectivity index (χ2n) is 2.66. The van der Waals surface area contributed by atoms with Gasteiger partial charge in [0.05, 0.1) is 5.69 Å². The highest BCUT2D eigenvalue weighted by Crippen LogP contribution is 2.17. The van der Waals surface area contributed by atoms with E-state index in [2.05, 4.69) is 9.40 Å². The van der Waals surface area contributed by atoms with Crippen LogP contribution in [0.15, 0.2) is 10.7 Å². The lowest BCUT2D eigenvalue weighted by Gasteiger charge is -1.98. The number of hydrogen-bond acceptors (Lipinski definition) is 3. The standard InChI is InChI=1S/C7H10F2N2O/c1-4(10)2-5-3-12-7(11-5)6(8)9/h3-4,6H,2,10H2,1H3. The van der Waals surface area contributed by atoms with E-state index in [9.17, 15) is 8.78 Å². The first-order chi connectivity index (χ1) is 5.59. The van der Waals surface area contributed by atoms with E-state index in [1.54, 1.807) is 6.92 Å². The zero-order valence-corrected chi connectivity index (χ0v) is 6.63. The molecular weight excluding hydrogens is 166 g/mol. The van der Waals surface area contributed by atoms with E-state index >= 15 is 0 Å². The largest absolute Gasteiger partial charge is 0.444 e. The lowest BCUT2D eigenvalue weighted by molar-refractivity contribution is 0.115. The SMILES string of the molecule is CC(N)Cc1coc(C(F)F)n1. The maximum atomic E-state index is 11.9. The van der Waals surface area contributed by atoms with Crippen molar-refractivity contribution >= 4 is 0 Å². The third-order valence-corrected chi connectivity index (χ3v) is 1.29. The summed E-state index contributed by atoms with van der Waals surface area (Å²) in [6, 6.07) is -0.0966. The summed E-state index contributed by atoms with van der Waals surface area (Å²) in [5.41, 5.74) is 5.91. The van der Waals surface area contributed by atoms with Gasteiger partial charge in [-0.3, -0.25) is 0 Å². The number of rotatable bonds is 3. The Morgan fingerprint density at radius 1 is 1.67 bits per heavy atom. The van der Waals surface area contributed by atoms with Crippen molar-refractivity contribution in [1.29, 1.82) is 0 Å². The van der Waals surface area contributed by atoms with E-state index in [0.29, 0.717) is 12.1 Å². The first-order valence-electron chi connectivity index (χ1n) is 3.57. The molecule has 1 unspecified atom stereocenters. The highest BCUT2D eigenvalue weighted by atomic mass is 19.3. The molecule has 2 N–H and O–H groups in total. The molecule has 0 bridgehead atoms. The van der Waals surface area contributed by atoms with E-state index in [1.807, 2.05) is 0 Å². The topological polar surface area (TPSA) is 52.0 Å². The Balaban J connectivity index is 2.64. The number of alkyl halides is 2. The third-order valence-electron chi connectivity index (χ3n) is 1.29. The highest BCUT2D eigenvalue weighted by molar-refractivity contribution is 4.98. The van der Waals surface area contributed by atoms with Gasteiger partial charge in [0.25, 0.3) is 5.89 Å². The molecule has 0 amide bonds. The van der Waals surface area contributed by atoms with Crippen LogP contribution < -0.4 is 5.73 Å². The molecule has 0 aromatic carbocycles. The minimum absolute atomic E-state index is 0.0966. The van der Waals surface area contributed by atoms with E-state index in [4.69, 9.17) is 5.73 Å². The molecule has 5 heteroatoms. The van der Waals surface area contributed by atoms with Crippen molar-refractivity contribution < 1.29 is 13.2 Å². The minimum atomic E-state index is -2.65. The highest BCUT2D eigenvalue weighted by Gasteiger charge is 2.14. The zero-order chi connectivity index (χ0) is 9.14. The third kappa shape index (κ3) is 2.27. The first-order valence-corrected chi connectivity index (χ1v) is 3.57. The van der Waals surface area contributed by atoms with Crippen molar-refractivity contribution in [3.05, 3.63) is 17.8 Å². The van der Waals surface area contributed by atoms with Crippen LogP contribution in [0.1, 0.15) is 24.9 Å². The molecule has 12 heavy (non-hydrogen) atoms. The predicted molar refractivity (Wildman–Crippen MR) is 38.8 cm³/mol. The summed E-state index contributed by atoms with van der Waals surface area (Å²) in [6.45, 7) is 1.77. The Morgan fingerprint density at radius 2 is 2.33 bits per heavy atom. The van der Waals surface area contributed by atoms with Crippen LogP contribution in [0.5, 0.6) is 0 Å². The Hall–Kier alpha value is -0.970. The number of halogens is 2. The average Bonchev–Trinajstić information content (AvgIpc) is 2.34.